The number of likely N-dealkylation sites (tertiary alicyclic amines) is 1. The molecule has 1 N–H and O–H groups in total. The minimum absolute atomic E-state index is 0.140. The number of carbonyl (C=O) groups is 1. The van der Waals surface area contributed by atoms with Gasteiger partial charge in [-0.15, -0.1) is 11.3 Å². The lowest BCUT2D eigenvalue weighted by Gasteiger charge is -2.38. The highest BCUT2D eigenvalue weighted by molar-refractivity contribution is 7.17. The summed E-state index contributed by atoms with van der Waals surface area (Å²) >= 11 is 1.48. The minimum atomic E-state index is 0.140. The Hall–Kier alpha value is -1.73. The summed E-state index contributed by atoms with van der Waals surface area (Å²) in [4.78, 5) is 20.3. The van der Waals surface area contributed by atoms with E-state index in [-0.39, 0.29) is 5.91 Å². The first-order valence-electron chi connectivity index (χ1n) is 8.53. The average molecular weight is 345 g/mol. The fourth-order valence-corrected chi connectivity index (χ4v) is 4.81. The van der Waals surface area contributed by atoms with Crippen molar-refractivity contribution in [2.75, 3.05) is 26.2 Å². The third kappa shape index (κ3) is 2.75. The fraction of sp³-hybridized carbons (Fsp3) is 0.588. The molecule has 0 aromatic carbocycles. The van der Waals surface area contributed by atoms with Gasteiger partial charge in [0.15, 0.2) is 0 Å². The van der Waals surface area contributed by atoms with Crippen LogP contribution in [0.15, 0.2) is 12.4 Å². The van der Waals surface area contributed by atoms with Gasteiger partial charge < -0.3 is 10.2 Å². The number of hydrogen-bond donors (Lipinski definition) is 1. The molecule has 2 aliphatic heterocycles. The Morgan fingerprint density at radius 3 is 2.75 bits per heavy atom. The molecular weight excluding hydrogens is 322 g/mol. The number of amides is 1. The Bertz CT molecular complexity index is 749. The standard InChI is InChI=1S/C17H23N5OS/c1-12-14(24-15(20-12)13-9-19-21(2)10-13)16(23)22-7-4-17(5-8-22)3-6-18-11-17/h9-10,18H,3-8,11H2,1-2H3. The van der Waals surface area contributed by atoms with Crippen LogP contribution in [0.4, 0.5) is 0 Å². The lowest BCUT2D eigenvalue weighted by atomic mass is 9.78. The number of nitrogens with zero attached hydrogens (tertiary/aromatic N) is 4. The van der Waals surface area contributed by atoms with Crippen LogP contribution < -0.4 is 5.32 Å². The van der Waals surface area contributed by atoms with Gasteiger partial charge in [0.1, 0.15) is 9.88 Å². The number of aryl methyl sites for hydroxylation is 2. The topological polar surface area (TPSA) is 63.1 Å². The predicted octanol–water partition coefficient (Wildman–Crippen LogP) is 2.07. The Balaban J connectivity index is 1.50. The highest BCUT2D eigenvalue weighted by atomic mass is 32.1. The summed E-state index contributed by atoms with van der Waals surface area (Å²) in [5.74, 6) is 0.140. The van der Waals surface area contributed by atoms with Crippen LogP contribution in [0.25, 0.3) is 10.6 Å². The highest BCUT2D eigenvalue weighted by Gasteiger charge is 2.38. The van der Waals surface area contributed by atoms with Crippen LogP contribution in [0.3, 0.4) is 0 Å². The quantitative estimate of drug-likeness (QED) is 0.905. The van der Waals surface area contributed by atoms with E-state index in [1.165, 1.54) is 17.8 Å². The third-order valence-electron chi connectivity index (χ3n) is 5.39. The summed E-state index contributed by atoms with van der Waals surface area (Å²) in [6.07, 6.45) is 7.20. The monoisotopic (exact) mass is 345 g/mol. The summed E-state index contributed by atoms with van der Waals surface area (Å²) in [6, 6.07) is 0. The van der Waals surface area contributed by atoms with E-state index in [1.807, 2.05) is 25.1 Å². The predicted molar refractivity (Wildman–Crippen MR) is 94.1 cm³/mol. The molecule has 2 aromatic heterocycles. The summed E-state index contributed by atoms with van der Waals surface area (Å²) in [6.45, 7) is 5.88. The van der Waals surface area contributed by atoms with Gasteiger partial charge in [-0.3, -0.25) is 9.48 Å². The van der Waals surface area contributed by atoms with E-state index in [2.05, 4.69) is 15.4 Å². The van der Waals surface area contributed by atoms with Crippen molar-refractivity contribution in [3.05, 3.63) is 23.0 Å². The molecule has 0 unspecified atom stereocenters. The van der Waals surface area contributed by atoms with Crippen molar-refractivity contribution in [2.45, 2.75) is 26.2 Å². The zero-order valence-electron chi connectivity index (χ0n) is 14.2. The summed E-state index contributed by atoms with van der Waals surface area (Å²) in [5.41, 5.74) is 2.23. The van der Waals surface area contributed by atoms with Crippen LogP contribution in [0.2, 0.25) is 0 Å². The molecule has 2 fully saturated rings. The number of thiazole rings is 1. The van der Waals surface area contributed by atoms with Crippen LogP contribution in [0.5, 0.6) is 0 Å². The SMILES string of the molecule is Cc1nc(-c2cnn(C)c2)sc1C(=O)N1CCC2(CCNC2)CC1. The van der Waals surface area contributed by atoms with Gasteiger partial charge in [0.2, 0.25) is 0 Å². The van der Waals surface area contributed by atoms with Gasteiger partial charge in [0.25, 0.3) is 5.91 Å². The molecule has 2 aliphatic rings. The molecule has 0 aliphatic carbocycles. The first kappa shape index (κ1) is 15.8. The highest BCUT2D eigenvalue weighted by Crippen LogP contribution is 2.38. The van der Waals surface area contributed by atoms with Crippen molar-refractivity contribution >= 4 is 17.2 Å². The summed E-state index contributed by atoms with van der Waals surface area (Å²) < 4.78 is 1.76. The van der Waals surface area contributed by atoms with Crippen LogP contribution >= 0.6 is 11.3 Å². The molecule has 0 radical (unpaired) electrons. The molecule has 0 saturated carbocycles. The minimum Gasteiger partial charge on any atom is -0.338 e. The van der Waals surface area contributed by atoms with Crippen LogP contribution in [0.1, 0.15) is 34.6 Å². The number of rotatable bonds is 2. The van der Waals surface area contributed by atoms with Crippen molar-refractivity contribution in [1.82, 2.24) is 25.0 Å². The second-order valence-corrected chi connectivity index (χ2v) is 8.05. The van der Waals surface area contributed by atoms with Gasteiger partial charge in [-0.05, 0) is 38.1 Å². The summed E-state index contributed by atoms with van der Waals surface area (Å²) in [5, 5.41) is 8.53. The normalized spacial score (nSPS) is 20.0. The van der Waals surface area contributed by atoms with E-state index in [9.17, 15) is 4.79 Å². The van der Waals surface area contributed by atoms with E-state index >= 15 is 0 Å². The maximum absolute atomic E-state index is 12.9. The maximum atomic E-state index is 12.9. The first-order chi connectivity index (χ1) is 11.6. The van der Waals surface area contributed by atoms with Gasteiger partial charge in [-0.2, -0.15) is 5.10 Å². The molecule has 2 saturated heterocycles. The third-order valence-corrected chi connectivity index (χ3v) is 6.58. The zero-order valence-corrected chi connectivity index (χ0v) is 15.0. The molecule has 2 aromatic rings. The Kier molecular flexibility index (Phi) is 3.92. The molecule has 1 amide bonds. The van der Waals surface area contributed by atoms with Crippen molar-refractivity contribution < 1.29 is 4.79 Å². The van der Waals surface area contributed by atoms with E-state index in [0.29, 0.717) is 5.41 Å². The number of piperidine rings is 1. The first-order valence-corrected chi connectivity index (χ1v) is 9.34. The molecule has 0 atom stereocenters. The maximum Gasteiger partial charge on any atom is 0.265 e. The molecule has 4 rings (SSSR count). The van der Waals surface area contributed by atoms with Gasteiger partial charge in [-0.1, -0.05) is 0 Å². The van der Waals surface area contributed by atoms with Gasteiger partial charge >= 0.3 is 0 Å². The lowest BCUT2D eigenvalue weighted by molar-refractivity contribution is 0.0611. The number of aromatic nitrogens is 3. The molecule has 128 valence electrons. The average Bonchev–Trinajstić information content (AvgIpc) is 3.28. The Morgan fingerprint density at radius 1 is 1.33 bits per heavy atom. The van der Waals surface area contributed by atoms with Crippen LogP contribution in [0, 0.1) is 12.3 Å². The smallest absolute Gasteiger partial charge is 0.265 e. The van der Waals surface area contributed by atoms with Gasteiger partial charge in [0, 0.05) is 38.4 Å². The van der Waals surface area contributed by atoms with Crippen LogP contribution in [-0.4, -0.2) is 51.8 Å². The summed E-state index contributed by atoms with van der Waals surface area (Å²) in [7, 11) is 1.89. The molecule has 1 spiro atoms. The van der Waals surface area contributed by atoms with Gasteiger partial charge in [0.05, 0.1) is 11.9 Å². The second kappa shape index (κ2) is 5.97. The molecule has 7 heteroatoms. The Morgan fingerprint density at radius 2 is 2.12 bits per heavy atom. The molecule has 0 bridgehead atoms. The molecule has 6 nitrogen and oxygen atoms in total. The van der Waals surface area contributed by atoms with Crippen molar-refractivity contribution in [2.24, 2.45) is 12.5 Å². The number of carbonyl (C=O) groups excluding carboxylic acids is 1. The van der Waals surface area contributed by atoms with Gasteiger partial charge in [-0.25, -0.2) is 4.98 Å². The zero-order chi connectivity index (χ0) is 16.7. The largest absolute Gasteiger partial charge is 0.338 e. The van der Waals surface area contributed by atoms with E-state index in [1.54, 1.807) is 10.9 Å². The Labute approximate surface area is 145 Å². The van der Waals surface area contributed by atoms with Crippen molar-refractivity contribution in [1.29, 1.82) is 0 Å². The van der Waals surface area contributed by atoms with E-state index < -0.39 is 0 Å². The molecular formula is C17H23N5OS. The molecule has 24 heavy (non-hydrogen) atoms. The number of hydrogen-bond acceptors (Lipinski definition) is 5. The van der Waals surface area contributed by atoms with Crippen LogP contribution in [-0.2, 0) is 7.05 Å². The van der Waals surface area contributed by atoms with E-state index in [0.717, 1.165) is 60.2 Å². The number of nitrogens with one attached hydrogen (secondary N) is 1. The van der Waals surface area contributed by atoms with Crippen molar-refractivity contribution in [3.8, 4) is 10.6 Å². The molecule has 4 heterocycles. The fourth-order valence-electron chi connectivity index (χ4n) is 3.80. The van der Waals surface area contributed by atoms with Crippen molar-refractivity contribution in [3.63, 3.8) is 0 Å². The second-order valence-electron chi connectivity index (χ2n) is 7.06. The lowest BCUT2D eigenvalue weighted by Crippen LogP contribution is -2.44. The van der Waals surface area contributed by atoms with E-state index in [4.69, 9.17) is 0 Å².